The second-order valence-corrected chi connectivity index (χ2v) is 5.82. The number of hydrogen-bond donors (Lipinski definition) is 1. The summed E-state index contributed by atoms with van der Waals surface area (Å²) in [4.78, 5) is 0. The second-order valence-electron chi connectivity index (χ2n) is 5.82. The highest BCUT2D eigenvalue weighted by Gasteiger charge is 2.17. The minimum absolute atomic E-state index is 0.574. The molecule has 2 unspecified atom stereocenters. The lowest BCUT2D eigenvalue weighted by molar-refractivity contribution is 0.502. The molecule has 1 aromatic heterocycles. The third kappa shape index (κ3) is 3.00. The summed E-state index contributed by atoms with van der Waals surface area (Å²) in [7, 11) is 0. The van der Waals surface area contributed by atoms with Crippen LogP contribution in [0.5, 0.6) is 0 Å². The number of nitrogens with zero attached hydrogens (tertiary/aromatic N) is 3. The molecular formula is C16H22N4. The van der Waals surface area contributed by atoms with E-state index in [1.54, 1.807) is 6.20 Å². The maximum Gasteiger partial charge on any atom is 0.0894 e. The maximum atomic E-state index is 4.10. The molecule has 1 aliphatic rings. The van der Waals surface area contributed by atoms with Crippen LogP contribution in [0.25, 0.3) is 5.69 Å². The van der Waals surface area contributed by atoms with Gasteiger partial charge in [0.1, 0.15) is 0 Å². The number of hydrogen-bond acceptors (Lipinski definition) is 3. The first kappa shape index (κ1) is 13.2. The predicted molar refractivity (Wildman–Crippen MR) is 81.0 cm³/mol. The summed E-state index contributed by atoms with van der Waals surface area (Å²) in [5.74, 6) is 0.868. The van der Waals surface area contributed by atoms with Crippen LogP contribution in [-0.4, -0.2) is 21.0 Å². The molecule has 2 atom stereocenters. The van der Waals surface area contributed by atoms with Gasteiger partial charge in [-0.25, -0.2) is 4.68 Å². The zero-order valence-electron chi connectivity index (χ0n) is 12.0. The van der Waals surface area contributed by atoms with Crippen molar-refractivity contribution < 1.29 is 0 Å². The van der Waals surface area contributed by atoms with Crippen molar-refractivity contribution in [1.29, 1.82) is 0 Å². The van der Waals surface area contributed by atoms with Crippen molar-refractivity contribution in [3.05, 3.63) is 36.7 Å². The lowest BCUT2D eigenvalue weighted by Gasteiger charge is -2.20. The van der Waals surface area contributed by atoms with Crippen molar-refractivity contribution in [3.8, 4) is 5.69 Å². The maximum absolute atomic E-state index is 4.10. The van der Waals surface area contributed by atoms with Crippen LogP contribution in [0.3, 0.4) is 0 Å². The van der Waals surface area contributed by atoms with E-state index in [-0.39, 0.29) is 0 Å². The minimum Gasteiger partial charge on any atom is -0.381 e. The second kappa shape index (κ2) is 6.07. The van der Waals surface area contributed by atoms with E-state index < -0.39 is 0 Å². The average Bonchev–Trinajstić information content (AvgIpc) is 2.91. The molecule has 4 heteroatoms. The summed E-state index contributed by atoms with van der Waals surface area (Å²) in [6, 6.07) is 8.89. The molecule has 0 saturated heterocycles. The molecule has 1 aromatic carbocycles. The van der Waals surface area contributed by atoms with E-state index in [1.807, 2.05) is 16.9 Å². The fourth-order valence-electron chi connectivity index (χ4n) is 2.98. The van der Waals surface area contributed by atoms with Gasteiger partial charge >= 0.3 is 0 Å². The normalized spacial score (nSPS) is 23.2. The van der Waals surface area contributed by atoms with Gasteiger partial charge in [0, 0.05) is 6.04 Å². The first-order valence-corrected chi connectivity index (χ1v) is 7.55. The highest BCUT2D eigenvalue weighted by molar-refractivity contribution is 5.60. The van der Waals surface area contributed by atoms with Crippen LogP contribution in [0.1, 0.15) is 39.0 Å². The van der Waals surface area contributed by atoms with Gasteiger partial charge in [-0.2, -0.15) is 0 Å². The molecule has 0 radical (unpaired) electrons. The molecule has 1 fully saturated rings. The first-order chi connectivity index (χ1) is 9.83. The Labute approximate surface area is 120 Å². The molecular weight excluding hydrogens is 248 g/mol. The number of para-hydroxylation sites is 2. The molecule has 2 aromatic rings. The molecule has 0 aliphatic heterocycles. The van der Waals surface area contributed by atoms with E-state index in [4.69, 9.17) is 0 Å². The van der Waals surface area contributed by atoms with Gasteiger partial charge in [-0.05, 0) is 37.3 Å². The third-order valence-corrected chi connectivity index (χ3v) is 4.19. The molecule has 106 valence electrons. The quantitative estimate of drug-likeness (QED) is 0.866. The zero-order valence-corrected chi connectivity index (χ0v) is 12.0. The molecule has 1 aliphatic carbocycles. The highest BCUT2D eigenvalue weighted by atomic mass is 15.4. The summed E-state index contributed by atoms with van der Waals surface area (Å²) in [5.41, 5.74) is 2.22. The SMILES string of the molecule is CC1CCCC(Nc2ccccc2-n2ccnn2)CC1. The molecule has 20 heavy (non-hydrogen) atoms. The molecule has 1 N–H and O–H groups in total. The number of anilines is 1. The van der Waals surface area contributed by atoms with E-state index >= 15 is 0 Å². The van der Waals surface area contributed by atoms with Gasteiger partial charge < -0.3 is 5.32 Å². The van der Waals surface area contributed by atoms with Gasteiger partial charge in [0.2, 0.25) is 0 Å². The lowest BCUT2D eigenvalue weighted by atomic mass is 10.0. The van der Waals surface area contributed by atoms with Crippen LogP contribution in [0, 0.1) is 5.92 Å². The van der Waals surface area contributed by atoms with Gasteiger partial charge in [0.15, 0.2) is 0 Å². The molecule has 1 heterocycles. The van der Waals surface area contributed by atoms with Crippen molar-refractivity contribution in [3.63, 3.8) is 0 Å². The molecule has 0 amide bonds. The topological polar surface area (TPSA) is 42.7 Å². The van der Waals surface area contributed by atoms with Gasteiger partial charge in [0.25, 0.3) is 0 Å². The van der Waals surface area contributed by atoms with Gasteiger partial charge in [-0.1, -0.05) is 37.1 Å². The van der Waals surface area contributed by atoms with Crippen LogP contribution in [-0.2, 0) is 0 Å². The summed E-state index contributed by atoms with van der Waals surface area (Å²) < 4.78 is 1.82. The van der Waals surface area contributed by atoms with Gasteiger partial charge in [0.05, 0.1) is 23.8 Å². The lowest BCUT2D eigenvalue weighted by Crippen LogP contribution is -2.19. The smallest absolute Gasteiger partial charge is 0.0894 e. The van der Waals surface area contributed by atoms with Crippen molar-refractivity contribution >= 4 is 5.69 Å². The average molecular weight is 270 g/mol. The standard InChI is InChI=1S/C16H22N4/c1-13-5-4-6-14(10-9-13)18-15-7-2-3-8-16(15)20-12-11-17-19-20/h2-3,7-8,11-14,18H,4-6,9-10H2,1H3. The van der Waals surface area contributed by atoms with Crippen LogP contribution in [0.2, 0.25) is 0 Å². The van der Waals surface area contributed by atoms with E-state index in [1.165, 1.54) is 32.1 Å². The number of benzene rings is 1. The molecule has 0 bridgehead atoms. The Kier molecular flexibility index (Phi) is 4.00. The monoisotopic (exact) mass is 270 g/mol. The van der Waals surface area contributed by atoms with Crippen LogP contribution in [0.15, 0.2) is 36.7 Å². The Balaban J connectivity index is 1.77. The largest absolute Gasteiger partial charge is 0.381 e. The highest BCUT2D eigenvalue weighted by Crippen LogP contribution is 2.27. The Morgan fingerprint density at radius 1 is 1.15 bits per heavy atom. The predicted octanol–water partition coefficient (Wildman–Crippen LogP) is 3.65. The van der Waals surface area contributed by atoms with Gasteiger partial charge in [-0.15, -0.1) is 5.10 Å². The third-order valence-electron chi connectivity index (χ3n) is 4.19. The fourth-order valence-corrected chi connectivity index (χ4v) is 2.98. The molecule has 3 rings (SSSR count). The Bertz CT molecular complexity index is 535. The number of rotatable bonds is 3. The van der Waals surface area contributed by atoms with E-state index in [0.717, 1.165) is 17.3 Å². The Morgan fingerprint density at radius 3 is 2.90 bits per heavy atom. The van der Waals surface area contributed by atoms with E-state index in [0.29, 0.717) is 6.04 Å². The van der Waals surface area contributed by atoms with Crippen LogP contribution < -0.4 is 5.32 Å². The van der Waals surface area contributed by atoms with Gasteiger partial charge in [-0.3, -0.25) is 0 Å². The summed E-state index contributed by atoms with van der Waals surface area (Å²) in [6.07, 6.45) is 10.1. The number of aromatic nitrogens is 3. The molecule has 1 saturated carbocycles. The summed E-state index contributed by atoms with van der Waals surface area (Å²) >= 11 is 0. The van der Waals surface area contributed by atoms with Crippen molar-refractivity contribution in [2.45, 2.75) is 45.1 Å². The van der Waals surface area contributed by atoms with Crippen LogP contribution in [0.4, 0.5) is 5.69 Å². The summed E-state index contributed by atoms with van der Waals surface area (Å²) in [6.45, 7) is 2.37. The van der Waals surface area contributed by atoms with Crippen LogP contribution >= 0.6 is 0 Å². The van der Waals surface area contributed by atoms with E-state index in [2.05, 4.69) is 40.8 Å². The summed E-state index contributed by atoms with van der Waals surface area (Å²) in [5, 5.41) is 11.7. The Morgan fingerprint density at radius 2 is 2.05 bits per heavy atom. The van der Waals surface area contributed by atoms with Crippen molar-refractivity contribution in [2.75, 3.05) is 5.32 Å². The fraction of sp³-hybridized carbons (Fsp3) is 0.500. The van der Waals surface area contributed by atoms with Crippen molar-refractivity contribution in [2.24, 2.45) is 5.92 Å². The zero-order chi connectivity index (χ0) is 13.8. The van der Waals surface area contributed by atoms with E-state index in [9.17, 15) is 0 Å². The Hall–Kier alpha value is -1.84. The first-order valence-electron chi connectivity index (χ1n) is 7.55. The molecule has 4 nitrogen and oxygen atoms in total. The molecule has 0 spiro atoms. The minimum atomic E-state index is 0.574. The van der Waals surface area contributed by atoms with Crippen molar-refractivity contribution in [1.82, 2.24) is 15.0 Å². The number of nitrogens with one attached hydrogen (secondary N) is 1.